The lowest BCUT2D eigenvalue weighted by Gasteiger charge is -2.33. The van der Waals surface area contributed by atoms with Crippen LogP contribution in [0.25, 0.3) is 0 Å². The summed E-state index contributed by atoms with van der Waals surface area (Å²) >= 11 is 2.68. The van der Waals surface area contributed by atoms with Crippen LogP contribution in [-0.4, -0.2) is 3.92 Å². The number of rotatable bonds is 8. The summed E-state index contributed by atoms with van der Waals surface area (Å²) in [5, 5.41) is 0. The zero-order valence-electron chi connectivity index (χ0n) is 12.8. The molecule has 1 rings (SSSR count). The lowest BCUT2D eigenvalue weighted by Crippen LogP contribution is -2.21. The van der Waals surface area contributed by atoms with E-state index < -0.39 is 0 Å². The highest BCUT2D eigenvalue weighted by Crippen LogP contribution is 2.37. The van der Waals surface area contributed by atoms with Crippen LogP contribution in [0.2, 0.25) is 0 Å². The van der Waals surface area contributed by atoms with Gasteiger partial charge in [-0.05, 0) is 49.9 Å². The average molecular weight is 364 g/mol. The van der Waals surface area contributed by atoms with Gasteiger partial charge in [-0.1, -0.05) is 75.5 Å². The van der Waals surface area contributed by atoms with Crippen LogP contribution in [-0.2, 0) is 0 Å². The summed E-state index contributed by atoms with van der Waals surface area (Å²) in [7, 11) is 0. The summed E-state index contributed by atoms with van der Waals surface area (Å²) in [6, 6.07) is 0. The molecule has 18 heavy (non-hydrogen) atoms. The molecule has 0 amide bonds. The third-order valence-electron chi connectivity index (χ3n) is 4.84. The first kappa shape index (κ1) is 16.8. The Hall–Kier alpha value is 0.730. The van der Waals surface area contributed by atoms with Crippen molar-refractivity contribution >= 4 is 22.6 Å². The van der Waals surface area contributed by atoms with Gasteiger partial charge >= 0.3 is 0 Å². The van der Waals surface area contributed by atoms with Gasteiger partial charge in [0, 0.05) is 3.92 Å². The minimum absolute atomic E-state index is 0.925. The van der Waals surface area contributed by atoms with E-state index in [9.17, 15) is 0 Å². The molecule has 1 aliphatic rings. The third kappa shape index (κ3) is 6.25. The van der Waals surface area contributed by atoms with Crippen molar-refractivity contribution in [1.82, 2.24) is 0 Å². The number of alkyl halides is 1. The van der Waals surface area contributed by atoms with Crippen molar-refractivity contribution in [1.29, 1.82) is 0 Å². The summed E-state index contributed by atoms with van der Waals surface area (Å²) in [6.07, 6.45) is 14.6. The first-order valence-electron chi connectivity index (χ1n) is 8.31. The van der Waals surface area contributed by atoms with Crippen LogP contribution < -0.4 is 0 Å². The van der Waals surface area contributed by atoms with Crippen LogP contribution in [0, 0.1) is 17.8 Å². The number of hydrogen-bond donors (Lipinski definition) is 0. The Morgan fingerprint density at radius 3 is 2.06 bits per heavy atom. The molecule has 0 spiro atoms. The Balaban J connectivity index is 2.34. The second kappa shape index (κ2) is 9.61. The van der Waals surface area contributed by atoms with Crippen molar-refractivity contribution < 1.29 is 0 Å². The second-order valence-corrected chi connectivity index (χ2v) is 8.29. The van der Waals surface area contributed by atoms with Gasteiger partial charge in [0.1, 0.15) is 0 Å². The highest BCUT2D eigenvalue weighted by atomic mass is 127. The van der Waals surface area contributed by atoms with Crippen molar-refractivity contribution in [3.8, 4) is 0 Å². The Morgan fingerprint density at radius 2 is 1.50 bits per heavy atom. The Bertz CT molecular complexity index is 194. The van der Waals surface area contributed by atoms with Gasteiger partial charge in [0.05, 0.1) is 0 Å². The largest absolute Gasteiger partial charge is 0.0826 e. The molecule has 0 N–H and O–H groups in total. The van der Waals surface area contributed by atoms with E-state index in [1.807, 2.05) is 0 Å². The van der Waals surface area contributed by atoms with E-state index in [2.05, 4.69) is 43.4 Å². The molecule has 0 aliphatic heterocycles. The van der Waals surface area contributed by atoms with Gasteiger partial charge in [0.25, 0.3) is 0 Å². The van der Waals surface area contributed by atoms with Crippen molar-refractivity contribution in [2.75, 3.05) is 0 Å². The molecule has 1 aliphatic carbocycles. The van der Waals surface area contributed by atoms with Gasteiger partial charge in [-0.25, -0.2) is 0 Å². The smallest absolute Gasteiger partial charge is 0.0110 e. The fourth-order valence-corrected chi connectivity index (χ4v) is 4.58. The second-order valence-electron chi connectivity index (χ2n) is 6.53. The molecule has 0 radical (unpaired) electrons. The highest BCUT2D eigenvalue weighted by molar-refractivity contribution is 14.1. The molecule has 0 saturated heterocycles. The van der Waals surface area contributed by atoms with Crippen LogP contribution in [0.3, 0.4) is 0 Å². The molecule has 0 aromatic rings. The maximum Gasteiger partial charge on any atom is 0.0110 e. The summed E-state index contributed by atoms with van der Waals surface area (Å²) in [4.78, 5) is 0. The van der Waals surface area contributed by atoms with Gasteiger partial charge < -0.3 is 0 Å². The van der Waals surface area contributed by atoms with Crippen LogP contribution in [0.4, 0.5) is 0 Å². The maximum atomic E-state index is 2.68. The summed E-state index contributed by atoms with van der Waals surface area (Å²) in [5.41, 5.74) is 0. The van der Waals surface area contributed by atoms with Crippen molar-refractivity contribution in [3.05, 3.63) is 0 Å². The lowest BCUT2D eigenvalue weighted by molar-refractivity contribution is 0.191. The quantitative estimate of drug-likeness (QED) is 0.336. The van der Waals surface area contributed by atoms with E-state index in [-0.39, 0.29) is 0 Å². The summed E-state index contributed by atoms with van der Waals surface area (Å²) in [6.45, 7) is 7.12. The fourth-order valence-electron chi connectivity index (χ4n) is 3.60. The molecule has 1 fully saturated rings. The standard InChI is InChI=1S/C17H33I/c1-4-6-15(12-13-17(18)7-5-2)16-10-8-14(3)9-11-16/h14-17H,4-13H2,1-3H3. The molecule has 1 saturated carbocycles. The van der Waals surface area contributed by atoms with E-state index in [0.717, 1.165) is 21.7 Å². The molecule has 1 heteroatoms. The molecule has 0 bridgehead atoms. The fraction of sp³-hybridized carbons (Fsp3) is 1.00. The Labute approximate surface area is 129 Å². The molecule has 2 atom stereocenters. The van der Waals surface area contributed by atoms with Crippen LogP contribution in [0.5, 0.6) is 0 Å². The number of hydrogen-bond acceptors (Lipinski definition) is 0. The molecule has 0 aromatic heterocycles. The first-order chi connectivity index (χ1) is 8.67. The predicted molar refractivity (Wildman–Crippen MR) is 91.5 cm³/mol. The lowest BCUT2D eigenvalue weighted by atomic mass is 9.73. The normalized spacial score (nSPS) is 28.0. The predicted octanol–water partition coefficient (Wildman–Crippen LogP) is 6.61. The molecular formula is C17H33I. The van der Waals surface area contributed by atoms with Gasteiger partial charge in [0.2, 0.25) is 0 Å². The zero-order valence-corrected chi connectivity index (χ0v) is 14.9. The first-order valence-corrected chi connectivity index (χ1v) is 9.55. The Morgan fingerprint density at radius 1 is 0.889 bits per heavy atom. The van der Waals surface area contributed by atoms with Crippen molar-refractivity contribution in [2.24, 2.45) is 17.8 Å². The number of halogens is 1. The summed E-state index contributed by atoms with van der Waals surface area (Å²) in [5.74, 6) is 3.10. The summed E-state index contributed by atoms with van der Waals surface area (Å²) < 4.78 is 0.925. The van der Waals surface area contributed by atoms with Crippen LogP contribution in [0.15, 0.2) is 0 Å². The molecule has 0 nitrogen and oxygen atoms in total. The van der Waals surface area contributed by atoms with E-state index in [0.29, 0.717) is 0 Å². The van der Waals surface area contributed by atoms with E-state index in [4.69, 9.17) is 0 Å². The highest BCUT2D eigenvalue weighted by Gasteiger charge is 2.25. The van der Waals surface area contributed by atoms with E-state index in [1.165, 1.54) is 64.2 Å². The van der Waals surface area contributed by atoms with Crippen molar-refractivity contribution in [3.63, 3.8) is 0 Å². The van der Waals surface area contributed by atoms with Crippen LogP contribution in [0.1, 0.15) is 85.0 Å². The van der Waals surface area contributed by atoms with Crippen molar-refractivity contribution in [2.45, 2.75) is 88.9 Å². The molecular weight excluding hydrogens is 331 g/mol. The minimum atomic E-state index is 0.925. The third-order valence-corrected chi connectivity index (χ3v) is 6.08. The van der Waals surface area contributed by atoms with Gasteiger partial charge in [-0.2, -0.15) is 0 Å². The minimum Gasteiger partial charge on any atom is -0.0826 e. The molecule has 0 aromatic carbocycles. The zero-order chi connectivity index (χ0) is 13.4. The molecule has 2 unspecified atom stereocenters. The van der Waals surface area contributed by atoms with Gasteiger partial charge in [0.15, 0.2) is 0 Å². The van der Waals surface area contributed by atoms with Gasteiger partial charge in [-0.3, -0.25) is 0 Å². The topological polar surface area (TPSA) is 0 Å². The maximum absolute atomic E-state index is 2.68. The molecule has 108 valence electrons. The monoisotopic (exact) mass is 364 g/mol. The van der Waals surface area contributed by atoms with Gasteiger partial charge in [-0.15, -0.1) is 0 Å². The SMILES string of the molecule is CCCC(I)CCC(CCC)C1CCC(C)CC1. The van der Waals surface area contributed by atoms with E-state index >= 15 is 0 Å². The Kier molecular flexibility index (Phi) is 8.96. The van der Waals surface area contributed by atoms with E-state index in [1.54, 1.807) is 0 Å². The average Bonchev–Trinajstić information content (AvgIpc) is 2.36. The molecule has 0 heterocycles. The van der Waals surface area contributed by atoms with Crippen LogP contribution >= 0.6 is 22.6 Å².